The number of para-hydroxylation sites is 1. The minimum absolute atomic E-state index is 0.139. The van der Waals surface area contributed by atoms with Gasteiger partial charge in [-0.05, 0) is 42.9 Å². The Kier molecular flexibility index (Phi) is 5.97. The minimum atomic E-state index is -0.139. The van der Waals surface area contributed by atoms with Gasteiger partial charge in [0.05, 0.1) is 11.3 Å². The molecule has 0 saturated heterocycles. The fourth-order valence-electron chi connectivity index (χ4n) is 3.59. The fourth-order valence-corrected chi connectivity index (χ4v) is 5.65. The van der Waals surface area contributed by atoms with E-state index in [1.165, 1.54) is 16.6 Å². The molecular formula is C21H21N5OS2. The van der Waals surface area contributed by atoms with Crippen molar-refractivity contribution >= 4 is 34.0 Å². The number of fused-ring (bicyclic) bond motifs is 1. The molecule has 1 atom stereocenters. The van der Waals surface area contributed by atoms with E-state index in [9.17, 15) is 10.1 Å². The van der Waals surface area contributed by atoms with Gasteiger partial charge >= 0.3 is 0 Å². The van der Waals surface area contributed by atoms with Crippen LogP contribution in [0.1, 0.15) is 35.8 Å². The second kappa shape index (κ2) is 8.80. The smallest absolute Gasteiger partial charge is 0.235 e. The third-order valence-corrected chi connectivity index (χ3v) is 7.31. The first-order valence-corrected chi connectivity index (χ1v) is 11.4. The van der Waals surface area contributed by atoms with Crippen molar-refractivity contribution in [2.45, 2.75) is 37.8 Å². The van der Waals surface area contributed by atoms with Crippen LogP contribution in [0, 0.1) is 17.2 Å². The lowest BCUT2D eigenvalue weighted by molar-refractivity contribution is -0.113. The molecule has 1 aliphatic carbocycles. The Labute approximate surface area is 178 Å². The highest BCUT2D eigenvalue weighted by atomic mass is 32.2. The molecule has 2 aromatic heterocycles. The second-order valence-electron chi connectivity index (χ2n) is 6.99. The van der Waals surface area contributed by atoms with Crippen molar-refractivity contribution in [3.05, 3.63) is 52.7 Å². The van der Waals surface area contributed by atoms with Crippen molar-refractivity contribution in [3.8, 4) is 11.8 Å². The topological polar surface area (TPSA) is 83.6 Å². The van der Waals surface area contributed by atoms with Crippen molar-refractivity contribution < 1.29 is 4.79 Å². The number of carbonyl (C=O) groups excluding carboxylic acids is 1. The Hall–Kier alpha value is -2.63. The fraction of sp³-hybridized carbons (Fsp3) is 0.333. The molecule has 0 radical (unpaired) electrons. The van der Waals surface area contributed by atoms with Crippen LogP contribution >= 0.6 is 23.1 Å². The molecule has 0 saturated carbocycles. The van der Waals surface area contributed by atoms with Gasteiger partial charge in [-0.3, -0.25) is 9.36 Å². The van der Waals surface area contributed by atoms with E-state index in [0.29, 0.717) is 21.6 Å². The van der Waals surface area contributed by atoms with E-state index in [1.54, 1.807) is 17.7 Å². The summed E-state index contributed by atoms with van der Waals surface area (Å²) < 4.78 is 1.85. The Balaban J connectivity index is 1.44. The van der Waals surface area contributed by atoms with Crippen LogP contribution in [0.3, 0.4) is 0 Å². The largest absolute Gasteiger partial charge is 0.316 e. The lowest BCUT2D eigenvalue weighted by Crippen LogP contribution is -2.14. The minimum Gasteiger partial charge on any atom is -0.316 e. The van der Waals surface area contributed by atoms with Crippen LogP contribution < -0.4 is 5.32 Å². The summed E-state index contributed by atoms with van der Waals surface area (Å²) in [5, 5.41) is 22.0. The van der Waals surface area contributed by atoms with Crippen molar-refractivity contribution in [1.82, 2.24) is 14.8 Å². The first-order chi connectivity index (χ1) is 14.2. The molecule has 1 N–H and O–H groups in total. The summed E-state index contributed by atoms with van der Waals surface area (Å²) in [6.07, 6.45) is 5.85. The number of rotatable bonds is 6. The van der Waals surface area contributed by atoms with Gasteiger partial charge in [0.1, 0.15) is 17.4 Å². The van der Waals surface area contributed by atoms with Gasteiger partial charge in [0.15, 0.2) is 5.16 Å². The lowest BCUT2D eigenvalue weighted by Gasteiger charge is -2.20. The van der Waals surface area contributed by atoms with E-state index in [4.69, 9.17) is 0 Å². The van der Waals surface area contributed by atoms with Gasteiger partial charge in [-0.2, -0.15) is 5.26 Å². The van der Waals surface area contributed by atoms with E-state index in [0.717, 1.165) is 36.9 Å². The monoisotopic (exact) mass is 423 g/mol. The molecular weight excluding hydrogens is 402 g/mol. The zero-order valence-corrected chi connectivity index (χ0v) is 17.7. The molecule has 2 heterocycles. The highest BCUT2D eigenvalue weighted by molar-refractivity contribution is 7.99. The predicted octanol–water partition coefficient (Wildman–Crippen LogP) is 4.45. The Morgan fingerprint density at radius 1 is 1.41 bits per heavy atom. The van der Waals surface area contributed by atoms with Gasteiger partial charge in [0.2, 0.25) is 5.91 Å². The van der Waals surface area contributed by atoms with Crippen molar-refractivity contribution in [1.29, 1.82) is 5.26 Å². The van der Waals surface area contributed by atoms with E-state index in [1.807, 2.05) is 34.9 Å². The number of thiophene rings is 1. The molecule has 29 heavy (non-hydrogen) atoms. The van der Waals surface area contributed by atoms with Crippen LogP contribution in [0.5, 0.6) is 0 Å². The molecule has 1 amide bonds. The summed E-state index contributed by atoms with van der Waals surface area (Å²) in [4.78, 5) is 13.8. The zero-order valence-electron chi connectivity index (χ0n) is 16.1. The second-order valence-corrected chi connectivity index (χ2v) is 9.04. The zero-order chi connectivity index (χ0) is 20.2. The maximum absolute atomic E-state index is 12.6. The molecule has 0 fully saturated rings. The molecule has 6 nitrogen and oxygen atoms in total. The van der Waals surface area contributed by atoms with Crippen LogP contribution in [0.25, 0.3) is 5.69 Å². The normalized spacial score (nSPS) is 15.5. The van der Waals surface area contributed by atoms with Gasteiger partial charge in [-0.1, -0.05) is 43.3 Å². The molecule has 8 heteroatoms. The van der Waals surface area contributed by atoms with Crippen LogP contribution in [0.4, 0.5) is 5.00 Å². The molecule has 1 aromatic carbocycles. The van der Waals surface area contributed by atoms with Gasteiger partial charge < -0.3 is 5.32 Å². The third-order valence-electron chi connectivity index (χ3n) is 5.19. The molecule has 3 aromatic rings. The number of thioether (sulfide) groups is 1. The Morgan fingerprint density at radius 2 is 2.24 bits per heavy atom. The van der Waals surface area contributed by atoms with Crippen LogP contribution in [0.15, 0.2) is 41.8 Å². The maximum atomic E-state index is 12.6. The molecule has 0 aliphatic heterocycles. The molecule has 4 rings (SSSR count). The Morgan fingerprint density at radius 3 is 3.00 bits per heavy atom. The van der Waals surface area contributed by atoms with Crippen molar-refractivity contribution in [2.75, 3.05) is 11.1 Å². The number of nitrogens with zero attached hydrogens (tertiary/aromatic N) is 4. The van der Waals surface area contributed by atoms with Crippen LogP contribution in [-0.2, 0) is 17.6 Å². The van der Waals surface area contributed by atoms with Crippen LogP contribution in [0.2, 0.25) is 0 Å². The van der Waals surface area contributed by atoms with Gasteiger partial charge in [-0.15, -0.1) is 21.5 Å². The number of carbonyl (C=O) groups is 1. The average Bonchev–Trinajstić information content (AvgIpc) is 3.36. The number of aromatic nitrogens is 3. The molecule has 0 spiro atoms. The number of nitriles is 1. The SMILES string of the molecule is CCC1CCc2c(sc(NC(=O)CSc3nncn3-c3ccccc3)c2C#N)C1. The first-order valence-electron chi connectivity index (χ1n) is 9.62. The quantitative estimate of drug-likeness (QED) is 0.592. The number of anilines is 1. The van der Waals surface area contributed by atoms with Crippen molar-refractivity contribution in [3.63, 3.8) is 0 Å². The summed E-state index contributed by atoms with van der Waals surface area (Å²) in [5.41, 5.74) is 2.72. The number of benzene rings is 1. The standard InChI is InChI=1S/C21H21N5OS2/c1-2-14-8-9-16-17(11-22)20(29-18(16)10-14)24-19(27)12-28-21-25-23-13-26(21)15-6-4-3-5-7-15/h3-7,13-14H,2,8-10,12H2,1H3,(H,24,27). The van der Waals surface area contributed by atoms with Gasteiger partial charge in [0.25, 0.3) is 0 Å². The van der Waals surface area contributed by atoms with E-state index in [-0.39, 0.29) is 11.7 Å². The highest BCUT2D eigenvalue weighted by Crippen LogP contribution is 2.40. The number of nitrogens with one attached hydrogen (secondary N) is 1. The summed E-state index contributed by atoms with van der Waals surface area (Å²) in [7, 11) is 0. The van der Waals surface area contributed by atoms with E-state index >= 15 is 0 Å². The average molecular weight is 424 g/mol. The van der Waals surface area contributed by atoms with Crippen LogP contribution in [-0.4, -0.2) is 26.4 Å². The highest BCUT2D eigenvalue weighted by Gasteiger charge is 2.25. The first kappa shape index (κ1) is 19.7. The molecule has 1 aliphatic rings. The number of hydrogen-bond acceptors (Lipinski definition) is 6. The lowest BCUT2D eigenvalue weighted by atomic mass is 9.86. The summed E-state index contributed by atoms with van der Waals surface area (Å²) in [5.74, 6) is 0.743. The maximum Gasteiger partial charge on any atom is 0.235 e. The summed E-state index contributed by atoms with van der Waals surface area (Å²) >= 11 is 2.89. The number of amides is 1. The molecule has 1 unspecified atom stereocenters. The van der Waals surface area contributed by atoms with E-state index in [2.05, 4.69) is 28.5 Å². The van der Waals surface area contributed by atoms with Gasteiger partial charge in [0, 0.05) is 10.6 Å². The van der Waals surface area contributed by atoms with E-state index < -0.39 is 0 Å². The summed E-state index contributed by atoms with van der Waals surface area (Å²) in [6, 6.07) is 12.1. The molecule has 0 bridgehead atoms. The Bertz CT molecular complexity index is 1050. The molecule has 148 valence electrons. The van der Waals surface area contributed by atoms with Gasteiger partial charge in [-0.25, -0.2) is 0 Å². The predicted molar refractivity (Wildman–Crippen MR) is 116 cm³/mol. The number of hydrogen-bond donors (Lipinski definition) is 1. The van der Waals surface area contributed by atoms with Crippen molar-refractivity contribution in [2.24, 2.45) is 5.92 Å². The summed E-state index contributed by atoms with van der Waals surface area (Å²) in [6.45, 7) is 2.21. The third kappa shape index (κ3) is 4.21.